The predicted molar refractivity (Wildman–Crippen MR) is 126 cm³/mol. The van der Waals surface area contributed by atoms with Gasteiger partial charge in [0.2, 0.25) is 17.6 Å². The lowest BCUT2D eigenvalue weighted by molar-refractivity contribution is -0.117. The first-order valence-corrected chi connectivity index (χ1v) is 11.9. The van der Waals surface area contributed by atoms with Crippen LogP contribution in [-0.4, -0.2) is 34.7 Å². The zero-order valence-corrected chi connectivity index (χ0v) is 18.9. The summed E-state index contributed by atoms with van der Waals surface area (Å²) in [6.07, 6.45) is 2.87. The van der Waals surface area contributed by atoms with Crippen molar-refractivity contribution in [2.75, 3.05) is 18.6 Å². The highest BCUT2D eigenvalue weighted by Crippen LogP contribution is 2.42. The molecule has 166 valence electrons. The van der Waals surface area contributed by atoms with Gasteiger partial charge in [-0.2, -0.15) is 4.98 Å². The highest BCUT2D eigenvalue weighted by molar-refractivity contribution is 7.10. The van der Waals surface area contributed by atoms with E-state index in [1.165, 1.54) is 17.8 Å². The summed E-state index contributed by atoms with van der Waals surface area (Å²) in [5.74, 6) is 2.37. The molecule has 2 aromatic carbocycles. The van der Waals surface area contributed by atoms with E-state index in [0.717, 1.165) is 28.3 Å². The molecule has 1 atom stereocenters. The van der Waals surface area contributed by atoms with Gasteiger partial charge in [-0.05, 0) is 37.1 Å². The zero-order chi connectivity index (χ0) is 22.4. The van der Waals surface area contributed by atoms with Crippen LogP contribution in [0.15, 0.2) is 58.4 Å². The van der Waals surface area contributed by atoms with Gasteiger partial charge in [0, 0.05) is 41.1 Å². The molecule has 4 aromatic rings. The number of hydrogen-bond donors (Lipinski definition) is 0. The minimum absolute atomic E-state index is 0.0445. The SMILES string of the molecule is COc1ccc(N2C[C@@H](c3nc(-c4ccc(-c5csc(C6CC6)n5)cc4)no3)CC2=O)cc1. The van der Waals surface area contributed by atoms with Crippen molar-refractivity contribution >= 4 is 22.9 Å². The topological polar surface area (TPSA) is 81.3 Å². The average Bonchev–Trinajstić information content (AvgIpc) is 3.24. The maximum Gasteiger partial charge on any atom is 0.232 e. The van der Waals surface area contributed by atoms with E-state index in [1.54, 1.807) is 23.3 Å². The summed E-state index contributed by atoms with van der Waals surface area (Å²) in [7, 11) is 1.62. The van der Waals surface area contributed by atoms with E-state index < -0.39 is 0 Å². The molecule has 1 aliphatic heterocycles. The summed E-state index contributed by atoms with van der Waals surface area (Å²) in [6.45, 7) is 0.513. The number of ether oxygens (including phenoxy) is 1. The lowest BCUT2D eigenvalue weighted by Gasteiger charge is -2.16. The fourth-order valence-electron chi connectivity index (χ4n) is 4.13. The first-order chi connectivity index (χ1) is 16.2. The summed E-state index contributed by atoms with van der Waals surface area (Å²) in [4.78, 5) is 23.7. The maximum atomic E-state index is 12.6. The number of anilines is 1. The Morgan fingerprint density at radius 2 is 1.76 bits per heavy atom. The minimum atomic E-state index is -0.129. The Morgan fingerprint density at radius 3 is 2.48 bits per heavy atom. The second-order valence-corrected chi connectivity index (χ2v) is 9.37. The standard InChI is InChI=1S/C25H22N4O3S/c1-31-20-10-8-19(9-11-20)29-13-18(12-22(29)30)24-27-23(28-32-24)16-4-2-15(3-5-16)21-14-33-25(26-21)17-6-7-17/h2-5,8-11,14,17-18H,6-7,12-13H2,1H3/t18-/m0/s1. The summed E-state index contributed by atoms with van der Waals surface area (Å²) >= 11 is 1.74. The Hall–Kier alpha value is -3.52. The third kappa shape index (κ3) is 3.91. The number of thiazole rings is 1. The molecular formula is C25H22N4O3S. The van der Waals surface area contributed by atoms with Crippen molar-refractivity contribution in [3.63, 3.8) is 0 Å². The minimum Gasteiger partial charge on any atom is -0.497 e. The van der Waals surface area contributed by atoms with Gasteiger partial charge in [-0.1, -0.05) is 29.4 Å². The van der Waals surface area contributed by atoms with Crippen LogP contribution in [0.1, 0.15) is 42.0 Å². The lowest BCUT2D eigenvalue weighted by Crippen LogP contribution is -2.24. The molecule has 1 saturated carbocycles. The molecule has 0 N–H and O–H groups in total. The van der Waals surface area contributed by atoms with E-state index in [9.17, 15) is 4.79 Å². The van der Waals surface area contributed by atoms with Crippen molar-refractivity contribution in [2.45, 2.75) is 31.1 Å². The molecule has 8 heteroatoms. The first kappa shape index (κ1) is 20.1. The van der Waals surface area contributed by atoms with Crippen LogP contribution in [0.2, 0.25) is 0 Å². The summed E-state index contributed by atoms with van der Waals surface area (Å²) < 4.78 is 10.8. The highest BCUT2D eigenvalue weighted by Gasteiger charge is 2.35. The van der Waals surface area contributed by atoms with E-state index in [4.69, 9.17) is 14.2 Å². The van der Waals surface area contributed by atoms with Gasteiger partial charge in [0.05, 0.1) is 23.7 Å². The van der Waals surface area contributed by atoms with Crippen molar-refractivity contribution < 1.29 is 14.1 Å². The van der Waals surface area contributed by atoms with Crippen LogP contribution in [0.3, 0.4) is 0 Å². The molecule has 0 radical (unpaired) electrons. The number of benzene rings is 2. The number of methoxy groups -OCH3 is 1. The van der Waals surface area contributed by atoms with Crippen LogP contribution in [0.4, 0.5) is 5.69 Å². The normalized spacial score (nSPS) is 18.2. The van der Waals surface area contributed by atoms with Crippen molar-refractivity contribution in [3.8, 4) is 28.4 Å². The van der Waals surface area contributed by atoms with Crippen LogP contribution < -0.4 is 9.64 Å². The molecule has 0 spiro atoms. The third-order valence-corrected chi connectivity index (χ3v) is 7.19. The first-order valence-electron chi connectivity index (χ1n) is 11.0. The molecule has 7 nitrogen and oxygen atoms in total. The monoisotopic (exact) mass is 458 g/mol. The predicted octanol–water partition coefficient (Wildman–Crippen LogP) is 5.27. The molecule has 0 bridgehead atoms. The van der Waals surface area contributed by atoms with E-state index in [0.29, 0.717) is 30.6 Å². The fourth-order valence-corrected chi connectivity index (χ4v) is 5.13. The Balaban J connectivity index is 1.16. The number of amides is 1. The number of hydrogen-bond acceptors (Lipinski definition) is 7. The van der Waals surface area contributed by atoms with Gasteiger partial charge in [-0.25, -0.2) is 4.98 Å². The second kappa shape index (κ2) is 8.12. The van der Waals surface area contributed by atoms with Crippen LogP contribution >= 0.6 is 11.3 Å². The highest BCUT2D eigenvalue weighted by atomic mass is 32.1. The van der Waals surface area contributed by atoms with E-state index in [2.05, 4.69) is 15.5 Å². The van der Waals surface area contributed by atoms with Gasteiger partial charge in [0.25, 0.3) is 0 Å². The molecule has 1 amide bonds. The number of nitrogens with zero attached hydrogens (tertiary/aromatic N) is 4. The molecule has 6 rings (SSSR count). The second-order valence-electron chi connectivity index (χ2n) is 8.48. The summed E-state index contributed by atoms with van der Waals surface area (Å²) in [6, 6.07) is 15.5. The number of carbonyl (C=O) groups is 1. The Morgan fingerprint density at radius 1 is 1.00 bits per heavy atom. The Bertz CT molecular complexity index is 1290. The Kier molecular flexibility index (Phi) is 4.95. The molecule has 3 heterocycles. The summed E-state index contributed by atoms with van der Waals surface area (Å²) in [5.41, 5.74) is 3.82. The summed E-state index contributed by atoms with van der Waals surface area (Å²) in [5, 5.41) is 7.54. The maximum absolute atomic E-state index is 12.6. The van der Waals surface area contributed by atoms with Gasteiger partial charge in [-0.15, -0.1) is 11.3 Å². The van der Waals surface area contributed by atoms with Crippen LogP contribution in [-0.2, 0) is 4.79 Å². The van der Waals surface area contributed by atoms with Crippen LogP contribution in [0.25, 0.3) is 22.6 Å². The van der Waals surface area contributed by atoms with Crippen molar-refractivity contribution in [1.82, 2.24) is 15.1 Å². The molecule has 2 aromatic heterocycles. The van der Waals surface area contributed by atoms with E-state index in [-0.39, 0.29) is 11.8 Å². The molecule has 1 aliphatic carbocycles. The molecular weight excluding hydrogens is 436 g/mol. The van der Waals surface area contributed by atoms with Crippen molar-refractivity contribution in [3.05, 3.63) is 64.8 Å². The quantitative estimate of drug-likeness (QED) is 0.392. The van der Waals surface area contributed by atoms with E-state index in [1.807, 2.05) is 48.5 Å². The molecule has 33 heavy (non-hydrogen) atoms. The van der Waals surface area contributed by atoms with Gasteiger partial charge in [0.1, 0.15) is 5.75 Å². The number of carbonyl (C=O) groups excluding carboxylic acids is 1. The van der Waals surface area contributed by atoms with Crippen LogP contribution in [0, 0.1) is 0 Å². The van der Waals surface area contributed by atoms with E-state index >= 15 is 0 Å². The molecule has 2 fully saturated rings. The van der Waals surface area contributed by atoms with Gasteiger partial charge in [-0.3, -0.25) is 4.79 Å². The van der Waals surface area contributed by atoms with Gasteiger partial charge >= 0.3 is 0 Å². The zero-order valence-electron chi connectivity index (χ0n) is 18.1. The van der Waals surface area contributed by atoms with Gasteiger partial charge in [0.15, 0.2) is 0 Å². The van der Waals surface area contributed by atoms with Gasteiger partial charge < -0.3 is 14.2 Å². The third-order valence-electron chi connectivity index (χ3n) is 6.19. The molecule has 1 saturated heterocycles. The fraction of sp³-hybridized carbons (Fsp3) is 0.280. The number of rotatable bonds is 6. The number of aromatic nitrogens is 3. The smallest absolute Gasteiger partial charge is 0.232 e. The van der Waals surface area contributed by atoms with Crippen LogP contribution in [0.5, 0.6) is 5.75 Å². The molecule has 0 unspecified atom stereocenters. The Labute approximate surface area is 195 Å². The largest absolute Gasteiger partial charge is 0.497 e. The van der Waals surface area contributed by atoms with Crippen molar-refractivity contribution in [2.24, 2.45) is 0 Å². The lowest BCUT2D eigenvalue weighted by atomic mass is 10.1. The van der Waals surface area contributed by atoms with Crippen molar-refractivity contribution in [1.29, 1.82) is 0 Å². The average molecular weight is 459 g/mol. The molecule has 2 aliphatic rings.